The minimum absolute atomic E-state index is 0.0810. The van der Waals surface area contributed by atoms with Crippen LogP contribution in [0, 0.1) is 4.91 Å². The molecule has 2 atom stereocenters. The van der Waals surface area contributed by atoms with Crippen LogP contribution in [0.3, 0.4) is 0 Å². The fraction of sp³-hybridized carbons (Fsp3) is 1.00. The van der Waals surface area contributed by atoms with E-state index in [2.05, 4.69) is 12.1 Å². The number of nitrogens with zero attached hydrogens (tertiary/aromatic N) is 1. The summed E-state index contributed by atoms with van der Waals surface area (Å²) >= 11 is 0. The molecule has 0 bridgehead atoms. The Bertz CT molecular complexity index is 85.1. The Morgan fingerprint density at radius 3 is 2.33 bits per heavy atom. The second-order valence-corrected chi connectivity index (χ2v) is 4.77. The summed E-state index contributed by atoms with van der Waals surface area (Å²) in [6.07, 6.45) is 1.89. The molecule has 0 N–H and O–H groups in total. The molecule has 0 aromatic carbocycles. The van der Waals surface area contributed by atoms with Crippen LogP contribution >= 0.6 is 0 Å². The second kappa shape index (κ2) is 4.67. The molecule has 0 aromatic rings. The zero-order valence-electron chi connectivity index (χ0n) is 6.42. The highest BCUT2D eigenvalue weighted by Gasteiger charge is 2.06. The fourth-order valence-electron chi connectivity index (χ4n) is 0.828. The van der Waals surface area contributed by atoms with Crippen molar-refractivity contribution < 1.29 is 0 Å². The Morgan fingerprint density at radius 2 is 2.22 bits per heavy atom. The highest BCUT2D eigenvalue weighted by molar-refractivity contribution is 6.11. The Hall–Kier alpha value is -0.183. The van der Waals surface area contributed by atoms with Crippen molar-refractivity contribution >= 4 is 10.2 Å². The largest absolute Gasteiger partial charge is 0.151 e. The van der Waals surface area contributed by atoms with Crippen LogP contribution in [0.5, 0.6) is 0 Å². The van der Waals surface area contributed by atoms with Crippen LogP contribution in [0.4, 0.5) is 0 Å². The van der Waals surface area contributed by atoms with Crippen LogP contribution in [0.1, 0.15) is 26.7 Å². The van der Waals surface area contributed by atoms with E-state index in [9.17, 15) is 4.91 Å². The molecule has 0 fully saturated rings. The molecule has 0 aliphatic heterocycles. The van der Waals surface area contributed by atoms with Crippen molar-refractivity contribution in [3.8, 4) is 0 Å². The molecule has 9 heavy (non-hydrogen) atoms. The van der Waals surface area contributed by atoms with E-state index >= 15 is 0 Å². The molecule has 0 aliphatic rings. The van der Waals surface area contributed by atoms with E-state index in [1.807, 2.05) is 6.92 Å². The number of rotatable bonds is 4. The summed E-state index contributed by atoms with van der Waals surface area (Å²) in [6, 6.07) is 0.0810. The lowest BCUT2D eigenvalue weighted by atomic mass is 10.1. The van der Waals surface area contributed by atoms with Crippen LogP contribution in [0.15, 0.2) is 5.18 Å². The smallest absolute Gasteiger partial charge is 0.0916 e. The van der Waals surface area contributed by atoms with E-state index in [1.165, 1.54) is 10.2 Å². The van der Waals surface area contributed by atoms with Gasteiger partial charge in [0.25, 0.3) is 0 Å². The molecule has 2 unspecified atom stereocenters. The van der Waals surface area contributed by atoms with E-state index in [1.54, 1.807) is 0 Å². The predicted octanol–water partition coefficient (Wildman–Crippen LogP) is 1.10. The molecule has 0 radical (unpaired) electrons. The van der Waals surface area contributed by atoms with Gasteiger partial charge in [-0.15, -0.1) is 0 Å². The van der Waals surface area contributed by atoms with Crippen molar-refractivity contribution in [3.05, 3.63) is 4.91 Å². The van der Waals surface area contributed by atoms with Crippen LogP contribution < -0.4 is 0 Å². The van der Waals surface area contributed by atoms with Crippen molar-refractivity contribution in [2.45, 2.75) is 38.3 Å². The summed E-state index contributed by atoms with van der Waals surface area (Å²) < 4.78 is 0. The quantitative estimate of drug-likeness (QED) is 0.430. The summed E-state index contributed by atoms with van der Waals surface area (Å²) in [6.45, 7) is 4.18. The molecule has 0 aromatic heterocycles. The normalized spacial score (nSPS) is 17.1. The molecule has 0 saturated heterocycles. The molecule has 54 valence electrons. The SMILES string of the molecule is CCC(CC(C)[SiH3])N=O. The van der Waals surface area contributed by atoms with Crippen molar-refractivity contribution in [1.29, 1.82) is 0 Å². The van der Waals surface area contributed by atoms with Gasteiger partial charge in [-0.3, -0.25) is 0 Å². The van der Waals surface area contributed by atoms with E-state index in [-0.39, 0.29) is 6.04 Å². The highest BCUT2D eigenvalue weighted by Crippen LogP contribution is 2.12. The summed E-state index contributed by atoms with van der Waals surface area (Å²) in [4.78, 5) is 10.0. The van der Waals surface area contributed by atoms with Gasteiger partial charge in [0.2, 0.25) is 0 Å². The second-order valence-electron chi connectivity index (χ2n) is 2.80. The molecule has 2 nitrogen and oxygen atoms in total. The van der Waals surface area contributed by atoms with E-state index in [0.29, 0.717) is 0 Å². The van der Waals surface area contributed by atoms with Crippen LogP contribution in [0.25, 0.3) is 0 Å². The topological polar surface area (TPSA) is 29.4 Å². The van der Waals surface area contributed by atoms with Gasteiger partial charge in [-0.2, -0.15) is 4.91 Å². The van der Waals surface area contributed by atoms with Crippen LogP contribution in [0.2, 0.25) is 5.54 Å². The van der Waals surface area contributed by atoms with Gasteiger partial charge in [-0.05, 0) is 12.8 Å². The van der Waals surface area contributed by atoms with Gasteiger partial charge in [0.05, 0.1) is 6.04 Å². The first-order chi connectivity index (χ1) is 4.20. The standard InChI is InChI=1S/C6H15NOSi/c1-3-6(7-8)4-5(2)9/h5-6H,3-4H2,1-2,9H3. The lowest BCUT2D eigenvalue weighted by Gasteiger charge is -2.07. The van der Waals surface area contributed by atoms with Crippen molar-refractivity contribution in [3.63, 3.8) is 0 Å². The zero-order chi connectivity index (χ0) is 7.28. The zero-order valence-corrected chi connectivity index (χ0v) is 8.42. The van der Waals surface area contributed by atoms with E-state index in [0.717, 1.165) is 18.4 Å². The monoisotopic (exact) mass is 145 g/mol. The van der Waals surface area contributed by atoms with E-state index < -0.39 is 0 Å². The van der Waals surface area contributed by atoms with Crippen LogP contribution in [-0.4, -0.2) is 16.3 Å². The maximum Gasteiger partial charge on any atom is 0.0916 e. The van der Waals surface area contributed by atoms with Crippen LogP contribution in [-0.2, 0) is 0 Å². The Kier molecular flexibility index (Phi) is 4.58. The summed E-state index contributed by atoms with van der Waals surface area (Å²) in [5.74, 6) is 0. The minimum atomic E-state index is 0.0810. The molecule has 0 heterocycles. The molecular weight excluding hydrogens is 130 g/mol. The third kappa shape index (κ3) is 4.33. The molecular formula is C6H15NOSi. The lowest BCUT2D eigenvalue weighted by molar-refractivity contribution is 0.585. The average Bonchev–Trinajstić information content (AvgIpc) is 1.82. The first kappa shape index (κ1) is 8.82. The molecule has 0 spiro atoms. The predicted molar refractivity (Wildman–Crippen MR) is 43.9 cm³/mol. The highest BCUT2D eigenvalue weighted by atomic mass is 28.1. The van der Waals surface area contributed by atoms with Gasteiger partial charge in [0.1, 0.15) is 0 Å². The Morgan fingerprint density at radius 1 is 1.67 bits per heavy atom. The molecule has 0 rings (SSSR count). The maximum absolute atomic E-state index is 10.0. The fourth-order valence-corrected chi connectivity index (χ4v) is 1.37. The van der Waals surface area contributed by atoms with Gasteiger partial charge < -0.3 is 0 Å². The summed E-state index contributed by atoms with van der Waals surface area (Å²) in [7, 11) is 1.18. The van der Waals surface area contributed by atoms with Crippen molar-refractivity contribution in [2.24, 2.45) is 5.18 Å². The first-order valence-corrected chi connectivity index (χ1v) is 4.68. The number of hydrogen-bond donors (Lipinski definition) is 0. The van der Waals surface area contributed by atoms with E-state index in [4.69, 9.17) is 0 Å². The Balaban J connectivity index is 3.42. The van der Waals surface area contributed by atoms with Gasteiger partial charge in [0.15, 0.2) is 0 Å². The average molecular weight is 145 g/mol. The lowest BCUT2D eigenvalue weighted by Crippen LogP contribution is -2.04. The van der Waals surface area contributed by atoms with Gasteiger partial charge in [0, 0.05) is 10.2 Å². The summed E-state index contributed by atoms with van der Waals surface area (Å²) in [5, 5.41) is 3.02. The third-order valence-electron chi connectivity index (χ3n) is 1.36. The minimum Gasteiger partial charge on any atom is -0.151 e. The number of hydrogen-bond acceptors (Lipinski definition) is 2. The summed E-state index contributed by atoms with van der Waals surface area (Å²) in [5.41, 5.74) is 0.729. The van der Waals surface area contributed by atoms with Gasteiger partial charge >= 0.3 is 0 Å². The van der Waals surface area contributed by atoms with Gasteiger partial charge in [-0.25, -0.2) is 0 Å². The maximum atomic E-state index is 10.0. The third-order valence-corrected chi connectivity index (χ3v) is 1.84. The van der Waals surface area contributed by atoms with Crippen molar-refractivity contribution in [1.82, 2.24) is 0 Å². The first-order valence-electron chi connectivity index (χ1n) is 3.53. The molecule has 3 heteroatoms. The molecule has 0 saturated carbocycles. The van der Waals surface area contributed by atoms with Crippen molar-refractivity contribution in [2.75, 3.05) is 0 Å². The molecule has 0 amide bonds. The number of nitroso groups, excluding NO2 is 1. The Labute approximate surface area is 59.4 Å². The van der Waals surface area contributed by atoms with Gasteiger partial charge in [-0.1, -0.05) is 24.6 Å². The molecule has 0 aliphatic carbocycles.